The van der Waals surface area contributed by atoms with Crippen molar-refractivity contribution in [3.63, 3.8) is 0 Å². The first kappa shape index (κ1) is 19.6. The Kier molecular flexibility index (Phi) is 6.14. The van der Waals surface area contributed by atoms with E-state index in [1.54, 1.807) is 39.3 Å². The van der Waals surface area contributed by atoms with Gasteiger partial charge in [-0.05, 0) is 30.0 Å². The van der Waals surface area contributed by atoms with Crippen LogP contribution in [0, 0.1) is 0 Å². The maximum absolute atomic E-state index is 12.4. The monoisotopic (exact) mass is 357 g/mol. The summed E-state index contributed by atoms with van der Waals surface area (Å²) in [6.45, 7) is 8.18. The van der Waals surface area contributed by atoms with Gasteiger partial charge in [-0.2, -0.15) is 0 Å². The van der Waals surface area contributed by atoms with Crippen molar-refractivity contribution in [2.24, 2.45) is 0 Å². The zero-order valence-electron chi connectivity index (χ0n) is 16.3. The molecule has 26 heavy (non-hydrogen) atoms. The van der Waals surface area contributed by atoms with E-state index in [9.17, 15) is 4.79 Å². The summed E-state index contributed by atoms with van der Waals surface area (Å²) < 4.78 is 16.2. The molecule has 0 bridgehead atoms. The van der Waals surface area contributed by atoms with Gasteiger partial charge < -0.3 is 19.5 Å². The molecule has 0 aliphatic heterocycles. The number of carbonyl (C=O) groups excluding carboxylic acids is 1. The number of hydrogen-bond acceptors (Lipinski definition) is 4. The van der Waals surface area contributed by atoms with Crippen LogP contribution < -0.4 is 19.5 Å². The standard InChI is InChI=1S/C21H27NO4/c1-14(26-17-9-7-15(8-10-17)21(2,3)4)20(23)22-16-11-18(24-5)13-19(12-16)25-6/h7-14H,1-6H3,(H,22,23). The van der Waals surface area contributed by atoms with Gasteiger partial charge in [0.1, 0.15) is 17.2 Å². The van der Waals surface area contributed by atoms with E-state index in [4.69, 9.17) is 14.2 Å². The molecule has 1 atom stereocenters. The quantitative estimate of drug-likeness (QED) is 0.832. The minimum absolute atomic E-state index is 0.0763. The normalized spacial score (nSPS) is 12.2. The summed E-state index contributed by atoms with van der Waals surface area (Å²) in [4.78, 5) is 12.4. The molecule has 0 radical (unpaired) electrons. The molecule has 5 nitrogen and oxygen atoms in total. The number of nitrogens with one attached hydrogen (secondary N) is 1. The number of hydrogen-bond donors (Lipinski definition) is 1. The van der Waals surface area contributed by atoms with Crippen LogP contribution in [-0.4, -0.2) is 26.2 Å². The first-order valence-electron chi connectivity index (χ1n) is 8.54. The smallest absolute Gasteiger partial charge is 0.265 e. The number of methoxy groups -OCH3 is 2. The van der Waals surface area contributed by atoms with Crippen LogP contribution >= 0.6 is 0 Å². The SMILES string of the molecule is COc1cc(NC(=O)C(C)Oc2ccc(C(C)(C)C)cc2)cc(OC)c1. The topological polar surface area (TPSA) is 56.8 Å². The van der Waals surface area contributed by atoms with E-state index in [1.807, 2.05) is 24.3 Å². The highest BCUT2D eigenvalue weighted by Gasteiger charge is 2.17. The first-order valence-corrected chi connectivity index (χ1v) is 8.54. The maximum atomic E-state index is 12.4. The summed E-state index contributed by atoms with van der Waals surface area (Å²) in [5.41, 5.74) is 1.88. The third kappa shape index (κ3) is 5.15. The molecular weight excluding hydrogens is 330 g/mol. The second-order valence-corrected chi connectivity index (χ2v) is 7.13. The molecule has 0 aliphatic carbocycles. The largest absolute Gasteiger partial charge is 0.497 e. The molecule has 2 aromatic rings. The molecule has 0 aromatic heterocycles. The van der Waals surface area contributed by atoms with Crippen LogP contribution in [0.15, 0.2) is 42.5 Å². The lowest BCUT2D eigenvalue weighted by atomic mass is 9.87. The molecule has 0 fully saturated rings. The second kappa shape index (κ2) is 8.13. The minimum atomic E-state index is -0.646. The molecule has 2 rings (SSSR count). The molecule has 0 saturated carbocycles. The molecule has 5 heteroatoms. The van der Waals surface area contributed by atoms with Crippen LogP contribution in [0.25, 0.3) is 0 Å². The van der Waals surface area contributed by atoms with Gasteiger partial charge in [-0.1, -0.05) is 32.9 Å². The Morgan fingerprint density at radius 3 is 1.92 bits per heavy atom. The van der Waals surface area contributed by atoms with Crippen molar-refractivity contribution in [2.75, 3.05) is 19.5 Å². The molecule has 0 saturated heterocycles. The van der Waals surface area contributed by atoms with Crippen LogP contribution in [0.5, 0.6) is 17.2 Å². The molecule has 1 N–H and O–H groups in total. The van der Waals surface area contributed by atoms with Gasteiger partial charge in [0.15, 0.2) is 6.10 Å². The van der Waals surface area contributed by atoms with Crippen molar-refractivity contribution < 1.29 is 19.0 Å². The fraction of sp³-hybridized carbons (Fsp3) is 0.381. The summed E-state index contributed by atoms with van der Waals surface area (Å²) in [5.74, 6) is 1.61. The van der Waals surface area contributed by atoms with Gasteiger partial charge in [-0.15, -0.1) is 0 Å². The van der Waals surface area contributed by atoms with E-state index in [2.05, 4.69) is 26.1 Å². The van der Waals surface area contributed by atoms with Crippen molar-refractivity contribution >= 4 is 11.6 Å². The van der Waals surface area contributed by atoms with Gasteiger partial charge in [0.05, 0.1) is 14.2 Å². The summed E-state index contributed by atoms with van der Waals surface area (Å²) in [5, 5.41) is 2.82. The van der Waals surface area contributed by atoms with E-state index in [0.29, 0.717) is 22.9 Å². The Balaban J connectivity index is 2.03. The highest BCUT2D eigenvalue weighted by Crippen LogP contribution is 2.27. The van der Waals surface area contributed by atoms with E-state index < -0.39 is 6.10 Å². The van der Waals surface area contributed by atoms with Crippen molar-refractivity contribution in [2.45, 2.75) is 39.2 Å². The van der Waals surface area contributed by atoms with Gasteiger partial charge in [0.25, 0.3) is 5.91 Å². The Labute approximate surface area is 155 Å². The third-order valence-electron chi connectivity index (χ3n) is 4.02. The number of anilines is 1. The fourth-order valence-corrected chi connectivity index (χ4v) is 2.41. The van der Waals surface area contributed by atoms with Crippen molar-refractivity contribution in [1.82, 2.24) is 0 Å². The summed E-state index contributed by atoms with van der Waals surface area (Å²) in [6.07, 6.45) is -0.646. The van der Waals surface area contributed by atoms with E-state index in [0.717, 1.165) is 0 Å². The Morgan fingerprint density at radius 1 is 0.923 bits per heavy atom. The average molecular weight is 357 g/mol. The maximum Gasteiger partial charge on any atom is 0.265 e. The second-order valence-electron chi connectivity index (χ2n) is 7.13. The van der Waals surface area contributed by atoms with Gasteiger partial charge in [-0.25, -0.2) is 0 Å². The van der Waals surface area contributed by atoms with E-state index in [-0.39, 0.29) is 11.3 Å². The molecule has 0 spiro atoms. The van der Waals surface area contributed by atoms with Crippen molar-refractivity contribution in [1.29, 1.82) is 0 Å². The van der Waals surface area contributed by atoms with Crippen LogP contribution in [-0.2, 0) is 10.2 Å². The van der Waals surface area contributed by atoms with Gasteiger partial charge in [0.2, 0.25) is 0 Å². The Hall–Kier alpha value is -2.69. The summed E-state index contributed by atoms with van der Waals surface area (Å²) in [7, 11) is 3.13. The molecule has 140 valence electrons. The lowest BCUT2D eigenvalue weighted by molar-refractivity contribution is -0.122. The third-order valence-corrected chi connectivity index (χ3v) is 4.02. The Morgan fingerprint density at radius 2 is 1.46 bits per heavy atom. The molecular formula is C21H27NO4. The highest BCUT2D eigenvalue weighted by molar-refractivity contribution is 5.94. The highest BCUT2D eigenvalue weighted by atomic mass is 16.5. The fourth-order valence-electron chi connectivity index (χ4n) is 2.41. The minimum Gasteiger partial charge on any atom is -0.497 e. The first-order chi connectivity index (χ1) is 12.2. The van der Waals surface area contributed by atoms with Crippen LogP contribution in [0.4, 0.5) is 5.69 Å². The Bertz CT molecular complexity index is 725. The van der Waals surface area contributed by atoms with Crippen molar-refractivity contribution in [3.05, 3.63) is 48.0 Å². The van der Waals surface area contributed by atoms with Gasteiger partial charge in [-0.3, -0.25) is 4.79 Å². The van der Waals surface area contributed by atoms with Crippen molar-refractivity contribution in [3.8, 4) is 17.2 Å². The lowest BCUT2D eigenvalue weighted by Gasteiger charge is -2.20. The molecule has 2 aromatic carbocycles. The van der Waals surface area contributed by atoms with Crippen LogP contribution in [0.1, 0.15) is 33.3 Å². The number of rotatable bonds is 6. The predicted molar refractivity (Wildman–Crippen MR) is 103 cm³/mol. The van der Waals surface area contributed by atoms with Crippen LogP contribution in [0.3, 0.4) is 0 Å². The molecule has 1 unspecified atom stereocenters. The predicted octanol–water partition coefficient (Wildman–Crippen LogP) is 4.41. The van der Waals surface area contributed by atoms with E-state index >= 15 is 0 Å². The summed E-state index contributed by atoms with van der Waals surface area (Å²) in [6, 6.07) is 13.0. The van der Waals surface area contributed by atoms with Gasteiger partial charge in [0, 0.05) is 23.9 Å². The molecule has 1 amide bonds. The summed E-state index contributed by atoms with van der Waals surface area (Å²) >= 11 is 0. The molecule has 0 aliphatic rings. The number of carbonyl (C=O) groups is 1. The van der Waals surface area contributed by atoms with E-state index in [1.165, 1.54) is 5.56 Å². The average Bonchev–Trinajstić information content (AvgIpc) is 2.60. The number of ether oxygens (including phenoxy) is 3. The zero-order valence-corrected chi connectivity index (χ0v) is 16.3. The van der Waals surface area contributed by atoms with Crippen LogP contribution in [0.2, 0.25) is 0 Å². The number of amides is 1. The molecule has 0 heterocycles. The van der Waals surface area contributed by atoms with Gasteiger partial charge >= 0.3 is 0 Å². The number of benzene rings is 2. The lowest BCUT2D eigenvalue weighted by Crippen LogP contribution is -2.30. The zero-order chi connectivity index (χ0) is 19.3.